The summed E-state index contributed by atoms with van der Waals surface area (Å²) in [4.78, 5) is 28.5. The molecule has 12 heteroatoms. The molecule has 4 rings (SSSR count). The van der Waals surface area contributed by atoms with E-state index in [1.165, 1.54) is 0 Å². The highest BCUT2D eigenvalue weighted by molar-refractivity contribution is 7.71. The summed E-state index contributed by atoms with van der Waals surface area (Å²) in [5.74, 6) is -0.0133. The van der Waals surface area contributed by atoms with Gasteiger partial charge in [-0.2, -0.15) is 26.3 Å². The highest BCUT2D eigenvalue weighted by Gasteiger charge is 2.37. The van der Waals surface area contributed by atoms with Crippen LogP contribution in [-0.2, 0) is 30.0 Å². The van der Waals surface area contributed by atoms with Gasteiger partial charge in [-0.3, -0.25) is 14.2 Å². The van der Waals surface area contributed by atoms with E-state index in [0.717, 1.165) is 11.3 Å². The van der Waals surface area contributed by atoms with Gasteiger partial charge < -0.3 is 4.98 Å². The van der Waals surface area contributed by atoms with Gasteiger partial charge in [0.1, 0.15) is 10.6 Å². The summed E-state index contributed by atoms with van der Waals surface area (Å²) in [6.45, 7) is 0. The fourth-order valence-electron chi connectivity index (χ4n) is 3.42. The van der Waals surface area contributed by atoms with E-state index in [1.54, 1.807) is 0 Å². The molecule has 0 saturated carbocycles. The van der Waals surface area contributed by atoms with E-state index in [2.05, 4.69) is 4.98 Å². The minimum absolute atomic E-state index is 0.0133. The molecule has 0 aliphatic heterocycles. The number of nitrogens with one attached hydrogen (secondary N) is 1. The lowest BCUT2D eigenvalue weighted by atomic mass is 9.96. The summed E-state index contributed by atoms with van der Waals surface area (Å²) >= 11 is 6.20. The minimum Gasteiger partial charge on any atom is -0.323 e. The number of thiophene rings is 1. The van der Waals surface area contributed by atoms with Crippen molar-refractivity contribution < 1.29 is 31.1 Å². The normalized spacial score (nSPS) is 14.9. The van der Waals surface area contributed by atoms with Crippen LogP contribution in [0.1, 0.15) is 28.0 Å². The number of carbonyl (C=O) groups excluding carboxylic acids is 1. The van der Waals surface area contributed by atoms with Gasteiger partial charge in [0, 0.05) is 17.7 Å². The van der Waals surface area contributed by atoms with Crippen molar-refractivity contribution in [3.63, 3.8) is 0 Å². The molecule has 0 unspecified atom stereocenters. The second kappa shape index (κ2) is 6.77. The van der Waals surface area contributed by atoms with Gasteiger partial charge in [-0.05, 0) is 42.4 Å². The number of H-pyrrole nitrogens is 1. The molecule has 0 fully saturated rings. The van der Waals surface area contributed by atoms with E-state index >= 15 is 0 Å². The number of aryl methyl sites for hydroxylation is 1. The lowest BCUT2D eigenvalue weighted by molar-refractivity contribution is -0.143. The Morgan fingerprint density at radius 2 is 1.57 bits per heavy atom. The van der Waals surface area contributed by atoms with Gasteiger partial charge >= 0.3 is 12.4 Å². The number of halogens is 6. The van der Waals surface area contributed by atoms with Crippen molar-refractivity contribution in [2.75, 3.05) is 0 Å². The Morgan fingerprint density at radius 3 is 2.13 bits per heavy atom. The van der Waals surface area contributed by atoms with Crippen LogP contribution in [0.15, 0.2) is 23.0 Å². The van der Waals surface area contributed by atoms with Crippen LogP contribution in [0.5, 0.6) is 0 Å². The van der Waals surface area contributed by atoms with Crippen molar-refractivity contribution in [1.82, 2.24) is 9.55 Å². The second-order valence-electron chi connectivity index (χ2n) is 6.76. The molecule has 158 valence electrons. The van der Waals surface area contributed by atoms with E-state index in [0.29, 0.717) is 32.0 Å². The SMILES string of the molecule is O=C1CCc2c(sc3[nH]c(=S)n(-c4cc(C(F)(F)F)cc(C(F)(F)F)c4)c(=O)c23)C1. The summed E-state index contributed by atoms with van der Waals surface area (Å²) in [5.41, 5.74) is -3.99. The monoisotopic (exact) mass is 464 g/mol. The van der Waals surface area contributed by atoms with E-state index in [-0.39, 0.29) is 41.3 Å². The zero-order chi connectivity index (χ0) is 22.0. The average molecular weight is 464 g/mol. The number of aromatic nitrogens is 2. The number of rotatable bonds is 1. The maximum atomic E-state index is 13.2. The van der Waals surface area contributed by atoms with Crippen LogP contribution in [-0.4, -0.2) is 15.3 Å². The smallest absolute Gasteiger partial charge is 0.323 e. The van der Waals surface area contributed by atoms with E-state index < -0.39 is 34.7 Å². The lowest BCUT2D eigenvalue weighted by Crippen LogP contribution is -2.23. The second-order valence-corrected chi connectivity index (χ2v) is 8.25. The van der Waals surface area contributed by atoms with Crippen LogP contribution in [0.4, 0.5) is 26.3 Å². The number of Topliss-reactive ketones (excluding diaryl/α,β-unsaturated/α-hetero) is 1. The van der Waals surface area contributed by atoms with Gasteiger partial charge in [0.25, 0.3) is 5.56 Å². The quantitative estimate of drug-likeness (QED) is 0.398. The number of alkyl halides is 6. The number of ketones is 1. The molecular formula is C18H10F6N2O2S2. The molecule has 30 heavy (non-hydrogen) atoms. The summed E-state index contributed by atoms with van der Waals surface area (Å²) in [7, 11) is 0. The summed E-state index contributed by atoms with van der Waals surface area (Å²) < 4.78 is 79.5. The van der Waals surface area contributed by atoms with Crippen LogP contribution < -0.4 is 5.56 Å². The van der Waals surface area contributed by atoms with Crippen LogP contribution in [0.2, 0.25) is 0 Å². The Balaban J connectivity index is 2.04. The maximum Gasteiger partial charge on any atom is 0.416 e. The van der Waals surface area contributed by atoms with Crippen molar-refractivity contribution in [3.8, 4) is 5.69 Å². The largest absolute Gasteiger partial charge is 0.416 e. The molecule has 1 aliphatic rings. The van der Waals surface area contributed by atoms with Crippen LogP contribution in [0, 0.1) is 4.77 Å². The topological polar surface area (TPSA) is 54.9 Å². The van der Waals surface area contributed by atoms with Crippen molar-refractivity contribution in [2.24, 2.45) is 0 Å². The van der Waals surface area contributed by atoms with Gasteiger partial charge in [-0.1, -0.05) is 0 Å². The van der Waals surface area contributed by atoms with Gasteiger partial charge in [0.15, 0.2) is 4.77 Å². The van der Waals surface area contributed by atoms with Crippen LogP contribution in [0.25, 0.3) is 15.9 Å². The molecular weight excluding hydrogens is 454 g/mol. The predicted molar refractivity (Wildman–Crippen MR) is 99.6 cm³/mol. The van der Waals surface area contributed by atoms with Crippen molar-refractivity contribution in [3.05, 3.63) is 54.9 Å². The fraction of sp³-hybridized carbons (Fsp3) is 0.278. The average Bonchev–Trinajstić information content (AvgIpc) is 2.97. The first-order valence-electron chi connectivity index (χ1n) is 8.47. The predicted octanol–water partition coefficient (Wildman–Crippen LogP) is 5.21. The van der Waals surface area contributed by atoms with Gasteiger partial charge in [-0.25, -0.2) is 0 Å². The lowest BCUT2D eigenvalue weighted by Gasteiger charge is -2.15. The number of carbonyl (C=O) groups is 1. The highest BCUT2D eigenvalue weighted by Crippen LogP contribution is 2.37. The molecule has 1 aromatic carbocycles. The Kier molecular flexibility index (Phi) is 4.69. The minimum atomic E-state index is -5.06. The molecule has 2 aromatic heterocycles. The van der Waals surface area contributed by atoms with Gasteiger partial charge in [0.2, 0.25) is 0 Å². The summed E-state index contributed by atoms with van der Waals surface area (Å²) in [6.07, 6.45) is -9.52. The first kappa shape index (κ1) is 20.8. The number of hydrogen-bond donors (Lipinski definition) is 1. The zero-order valence-corrected chi connectivity index (χ0v) is 16.3. The Morgan fingerprint density at radius 1 is 0.967 bits per heavy atom. The third kappa shape index (κ3) is 3.47. The number of fused-ring (bicyclic) bond motifs is 3. The Hall–Kier alpha value is -2.47. The van der Waals surface area contributed by atoms with Crippen molar-refractivity contribution >= 4 is 39.6 Å². The van der Waals surface area contributed by atoms with E-state index in [4.69, 9.17) is 12.2 Å². The van der Waals surface area contributed by atoms with Crippen molar-refractivity contribution in [1.29, 1.82) is 0 Å². The number of aromatic amines is 1. The molecule has 0 radical (unpaired) electrons. The fourth-order valence-corrected chi connectivity index (χ4v) is 5.05. The van der Waals surface area contributed by atoms with E-state index in [1.807, 2.05) is 0 Å². The summed E-state index contributed by atoms with van der Waals surface area (Å²) in [5, 5.41) is 0.127. The standard InChI is InChI=1S/C18H10F6N2O2S2/c19-17(20,21)7-3-8(18(22,23)24)5-9(4-7)26-15(28)13-11-2-1-10(27)6-12(11)30-14(13)25-16(26)29/h3-5H,1-2,6H2,(H,25,29). The Bertz CT molecular complexity index is 1280. The zero-order valence-electron chi connectivity index (χ0n) is 14.7. The first-order valence-corrected chi connectivity index (χ1v) is 9.70. The molecule has 0 atom stereocenters. The summed E-state index contributed by atoms with van der Waals surface area (Å²) in [6, 6.07) is 0.890. The highest BCUT2D eigenvalue weighted by atomic mass is 32.1. The Labute approximate surface area is 172 Å². The van der Waals surface area contributed by atoms with Gasteiger partial charge in [0.05, 0.1) is 22.2 Å². The van der Waals surface area contributed by atoms with Crippen molar-refractivity contribution in [2.45, 2.75) is 31.6 Å². The molecule has 3 aromatic rings. The number of nitrogens with zero attached hydrogens (tertiary/aromatic N) is 1. The van der Waals surface area contributed by atoms with Gasteiger partial charge in [-0.15, -0.1) is 11.3 Å². The number of benzene rings is 1. The molecule has 1 aliphatic carbocycles. The molecule has 0 amide bonds. The molecule has 0 spiro atoms. The van der Waals surface area contributed by atoms with Crippen LogP contribution >= 0.6 is 23.6 Å². The molecule has 1 N–H and O–H groups in total. The third-order valence-corrected chi connectivity index (χ3v) is 6.21. The molecule has 0 saturated heterocycles. The first-order chi connectivity index (χ1) is 13.9. The molecule has 2 heterocycles. The third-order valence-electron chi connectivity index (χ3n) is 4.77. The maximum absolute atomic E-state index is 13.2. The van der Waals surface area contributed by atoms with Crippen LogP contribution in [0.3, 0.4) is 0 Å². The molecule has 4 nitrogen and oxygen atoms in total. The molecule has 0 bridgehead atoms. The number of hydrogen-bond acceptors (Lipinski definition) is 4. The van der Waals surface area contributed by atoms with E-state index in [9.17, 15) is 35.9 Å².